The highest BCUT2D eigenvalue weighted by molar-refractivity contribution is 6.09. The molecule has 0 atom stereocenters. The lowest BCUT2D eigenvalue weighted by molar-refractivity contribution is 1.43. The number of nitrogen functional groups attached to an aromatic ring is 1. The number of pyridine rings is 1. The van der Waals surface area contributed by atoms with Gasteiger partial charge < -0.3 is 5.73 Å². The molecule has 0 saturated carbocycles. The Morgan fingerprint density at radius 3 is 2.62 bits per heavy atom. The highest BCUT2D eigenvalue weighted by Gasteiger charge is 2.05. The van der Waals surface area contributed by atoms with Gasteiger partial charge in [-0.25, -0.2) is 4.98 Å². The van der Waals surface area contributed by atoms with Crippen molar-refractivity contribution in [1.29, 1.82) is 0 Å². The van der Waals surface area contributed by atoms with Crippen molar-refractivity contribution >= 4 is 27.5 Å². The van der Waals surface area contributed by atoms with Crippen LogP contribution in [0.25, 0.3) is 21.7 Å². The number of anilines is 1. The Hall–Kier alpha value is -2.09. The predicted molar refractivity (Wildman–Crippen MR) is 68.4 cm³/mol. The van der Waals surface area contributed by atoms with Crippen LogP contribution in [-0.4, -0.2) is 4.98 Å². The van der Waals surface area contributed by atoms with Crippen LogP contribution in [0.15, 0.2) is 42.5 Å². The fraction of sp³-hybridized carbons (Fsp3) is 0.0714. The molecule has 0 radical (unpaired) electrons. The third kappa shape index (κ3) is 1.23. The Morgan fingerprint density at radius 2 is 1.75 bits per heavy atom. The number of hydrogen-bond acceptors (Lipinski definition) is 2. The van der Waals surface area contributed by atoms with Gasteiger partial charge in [-0.3, -0.25) is 0 Å². The zero-order valence-corrected chi connectivity index (χ0v) is 9.07. The number of aryl methyl sites for hydroxylation is 1. The number of nitrogens with zero attached hydrogens (tertiary/aromatic N) is 1. The third-order valence-corrected chi connectivity index (χ3v) is 2.89. The van der Waals surface area contributed by atoms with Gasteiger partial charge in [-0.15, -0.1) is 0 Å². The molecule has 0 saturated heterocycles. The van der Waals surface area contributed by atoms with E-state index in [9.17, 15) is 0 Å². The molecule has 0 spiro atoms. The fourth-order valence-corrected chi connectivity index (χ4v) is 2.09. The van der Waals surface area contributed by atoms with Gasteiger partial charge in [0, 0.05) is 10.8 Å². The van der Waals surface area contributed by atoms with Crippen LogP contribution in [0.5, 0.6) is 0 Å². The zero-order valence-electron chi connectivity index (χ0n) is 9.07. The summed E-state index contributed by atoms with van der Waals surface area (Å²) in [5.74, 6) is 0.609. The molecule has 0 bridgehead atoms. The van der Waals surface area contributed by atoms with Crippen LogP contribution < -0.4 is 5.73 Å². The number of para-hydroxylation sites is 1. The first-order valence-corrected chi connectivity index (χ1v) is 5.30. The average Bonchev–Trinajstić information content (AvgIpc) is 2.29. The monoisotopic (exact) mass is 208 g/mol. The van der Waals surface area contributed by atoms with Crippen LogP contribution in [0.2, 0.25) is 0 Å². The molecule has 0 fully saturated rings. The van der Waals surface area contributed by atoms with E-state index in [1.54, 1.807) is 0 Å². The molecule has 0 aliphatic carbocycles. The summed E-state index contributed by atoms with van der Waals surface area (Å²) < 4.78 is 0. The topological polar surface area (TPSA) is 38.9 Å². The molecular formula is C14H12N2. The maximum atomic E-state index is 5.98. The van der Waals surface area contributed by atoms with Crippen molar-refractivity contribution in [3.8, 4) is 0 Å². The van der Waals surface area contributed by atoms with E-state index in [-0.39, 0.29) is 0 Å². The number of aromatic nitrogens is 1. The first-order chi connectivity index (χ1) is 7.75. The SMILES string of the molecule is Cc1ccc2c(c1)c(N)nc1ccccc12. The minimum Gasteiger partial charge on any atom is -0.383 e. The van der Waals surface area contributed by atoms with E-state index >= 15 is 0 Å². The lowest BCUT2D eigenvalue weighted by atomic mass is 10.0. The highest BCUT2D eigenvalue weighted by atomic mass is 14.8. The van der Waals surface area contributed by atoms with Crippen LogP contribution in [0.4, 0.5) is 5.82 Å². The number of fused-ring (bicyclic) bond motifs is 3. The van der Waals surface area contributed by atoms with E-state index in [4.69, 9.17) is 5.73 Å². The Labute approximate surface area is 93.7 Å². The van der Waals surface area contributed by atoms with Gasteiger partial charge in [-0.2, -0.15) is 0 Å². The molecule has 0 unspecified atom stereocenters. The normalized spacial score (nSPS) is 11.1. The third-order valence-electron chi connectivity index (χ3n) is 2.89. The molecule has 2 nitrogen and oxygen atoms in total. The van der Waals surface area contributed by atoms with Gasteiger partial charge in [0.15, 0.2) is 0 Å². The second kappa shape index (κ2) is 3.20. The van der Waals surface area contributed by atoms with Crippen molar-refractivity contribution < 1.29 is 0 Å². The molecule has 0 amide bonds. The lowest BCUT2D eigenvalue weighted by Crippen LogP contribution is -1.93. The van der Waals surface area contributed by atoms with Crippen molar-refractivity contribution in [2.75, 3.05) is 5.73 Å². The smallest absolute Gasteiger partial charge is 0.132 e. The van der Waals surface area contributed by atoms with Crippen LogP contribution in [-0.2, 0) is 0 Å². The van der Waals surface area contributed by atoms with Crippen LogP contribution >= 0.6 is 0 Å². The van der Waals surface area contributed by atoms with Gasteiger partial charge in [0.05, 0.1) is 5.52 Å². The van der Waals surface area contributed by atoms with Gasteiger partial charge in [-0.1, -0.05) is 35.9 Å². The summed E-state index contributed by atoms with van der Waals surface area (Å²) in [6.45, 7) is 2.06. The second-order valence-electron chi connectivity index (χ2n) is 4.06. The quantitative estimate of drug-likeness (QED) is 0.576. The van der Waals surface area contributed by atoms with Crippen molar-refractivity contribution in [3.63, 3.8) is 0 Å². The number of rotatable bonds is 0. The van der Waals surface area contributed by atoms with Crippen molar-refractivity contribution in [2.24, 2.45) is 0 Å². The Balaban J connectivity index is 2.59. The largest absolute Gasteiger partial charge is 0.383 e. The molecule has 78 valence electrons. The predicted octanol–water partition coefficient (Wildman–Crippen LogP) is 3.28. The molecule has 2 N–H and O–H groups in total. The van der Waals surface area contributed by atoms with E-state index in [0.29, 0.717) is 5.82 Å². The summed E-state index contributed by atoms with van der Waals surface area (Å²) in [7, 11) is 0. The molecule has 1 aromatic heterocycles. The van der Waals surface area contributed by atoms with E-state index in [1.807, 2.05) is 18.2 Å². The van der Waals surface area contributed by atoms with Crippen LogP contribution in [0, 0.1) is 6.92 Å². The van der Waals surface area contributed by atoms with Gasteiger partial charge >= 0.3 is 0 Å². The molecule has 0 aliphatic heterocycles. The van der Waals surface area contributed by atoms with E-state index < -0.39 is 0 Å². The fourth-order valence-electron chi connectivity index (χ4n) is 2.09. The molecule has 2 aromatic carbocycles. The van der Waals surface area contributed by atoms with Crippen LogP contribution in [0.1, 0.15) is 5.56 Å². The van der Waals surface area contributed by atoms with E-state index in [0.717, 1.165) is 16.3 Å². The molecule has 3 rings (SSSR count). The molecule has 3 aromatic rings. The maximum Gasteiger partial charge on any atom is 0.132 e. The van der Waals surface area contributed by atoms with E-state index in [2.05, 4.69) is 36.2 Å². The van der Waals surface area contributed by atoms with Crippen molar-refractivity contribution in [1.82, 2.24) is 4.98 Å². The second-order valence-corrected chi connectivity index (χ2v) is 4.06. The zero-order chi connectivity index (χ0) is 11.1. The summed E-state index contributed by atoms with van der Waals surface area (Å²) in [6.07, 6.45) is 0. The maximum absolute atomic E-state index is 5.98. The van der Waals surface area contributed by atoms with Gasteiger partial charge in [-0.05, 0) is 24.4 Å². The summed E-state index contributed by atoms with van der Waals surface area (Å²) >= 11 is 0. The number of hydrogen-bond donors (Lipinski definition) is 1. The molecule has 1 heterocycles. The standard InChI is InChI=1S/C14H12N2/c1-9-6-7-10-11-4-2-3-5-13(11)16-14(15)12(10)8-9/h2-8H,1H3,(H2,15,16). The first kappa shape index (κ1) is 9.16. The minimum absolute atomic E-state index is 0.609. The lowest BCUT2D eigenvalue weighted by Gasteiger charge is -2.06. The summed E-state index contributed by atoms with van der Waals surface area (Å²) in [5, 5.41) is 3.37. The number of benzene rings is 2. The van der Waals surface area contributed by atoms with Gasteiger partial charge in [0.25, 0.3) is 0 Å². The van der Waals surface area contributed by atoms with Gasteiger partial charge in [0.2, 0.25) is 0 Å². The molecule has 2 heteroatoms. The minimum atomic E-state index is 0.609. The average molecular weight is 208 g/mol. The summed E-state index contributed by atoms with van der Waals surface area (Å²) in [6, 6.07) is 14.4. The van der Waals surface area contributed by atoms with Gasteiger partial charge in [0.1, 0.15) is 5.82 Å². The molecule has 16 heavy (non-hydrogen) atoms. The van der Waals surface area contributed by atoms with E-state index in [1.165, 1.54) is 10.9 Å². The highest BCUT2D eigenvalue weighted by Crippen LogP contribution is 2.28. The van der Waals surface area contributed by atoms with Crippen molar-refractivity contribution in [2.45, 2.75) is 6.92 Å². The molecule has 0 aliphatic rings. The van der Waals surface area contributed by atoms with Crippen LogP contribution in [0.3, 0.4) is 0 Å². The summed E-state index contributed by atoms with van der Waals surface area (Å²) in [5.41, 5.74) is 8.14. The summed E-state index contributed by atoms with van der Waals surface area (Å²) in [4.78, 5) is 4.42. The molecular weight excluding hydrogens is 196 g/mol. The Morgan fingerprint density at radius 1 is 0.938 bits per heavy atom. The van der Waals surface area contributed by atoms with Crippen molar-refractivity contribution in [3.05, 3.63) is 48.0 Å². The number of nitrogens with two attached hydrogens (primary N) is 1. The Bertz CT molecular complexity index is 687. The first-order valence-electron chi connectivity index (χ1n) is 5.30. The Kier molecular flexibility index (Phi) is 1.83.